The number of aliphatic hydroxyl groups excluding tert-OH is 3. The molecule has 1 fully saturated rings. The number of nitrogens with one attached hydrogen (secondary N) is 2. The Morgan fingerprint density at radius 2 is 1.89 bits per heavy atom. The SMILES string of the molecule is CCCCCC(C(=O)CCc1cc2c(cc1O)OC#CC1(CCCC1)C1C#CC(O)c3ccc4c(c3Cc3c[nH]c5cn(cc35)C1O2)CCNC4N)C(O)C1C=CC(C)CC1O. The number of rotatable bonds is 10. The number of carbonyl (C=O) groups is 1. The fraction of sp³-hybridized carbons (Fsp3) is 0.510. The van der Waals surface area contributed by atoms with Gasteiger partial charge in [0.05, 0.1) is 35.2 Å². The number of aryl methyl sites for hydroxylation is 1. The number of ketones is 1. The topological polar surface area (TPSA) is 175 Å². The Balaban J connectivity index is 1.07. The van der Waals surface area contributed by atoms with Gasteiger partial charge in [0.15, 0.2) is 17.7 Å². The second-order valence-corrected chi connectivity index (χ2v) is 18.5. The molecule has 62 heavy (non-hydrogen) atoms. The number of aromatic amines is 1. The summed E-state index contributed by atoms with van der Waals surface area (Å²) in [5, 5.41) is 50.3. The summed E-state index contributed by atoms with van der Waals surface area (Å²) in [6.07, 6.45) is 18.2. The van der Waals surface area contributed by atoms with Crippen LogP contribution in [-0.2, 0) is 24.1 Å². The van der Waals surface area contributed by atoms with Crippen LogP contribution in [0.2, 0.25) is 0 Å². The zero-order valence-corrected chi connectivity index (χ0v) is 35.8. The second-order valence-electron chi connectivity index (χ2n) is 18.5. The van der Waals surface area contributed by atoms with E-state index in [-0.39, 0.29) is 42.2 Å². The number of nitrogens with two attached hydrogens (primary N) is 1. The van der Waals surface area contributed by atoms with Crippen molar-refractivity contribution in [2.75, 3.05) is 6.54 Å². The molecule has 11 nitrogen and oxygen atoms in total. The summed E-state index contributed by atoms with van der Waals surface area (Å²) in [6, 6.07) is 7.23. The van der Waals surface area contributed by atoms with Gasteiger partial charge in [-0.25, -0.2) is 0 Å². The smallest absolute Gasteiger partial charge is 0.191 e. The van der Waals surface area contributed by atoms with Crippen LogP contribution in [0.5, 0.6) is 17.2 Å². The predicted molar refractivity (Wildman–Crippen MR) is 237 cm³/mol. The van der Waals surface area contributed by atoms with Gasteiger partial charge in [-0.15, -0.1) is 0 Å². The number of unbranched alkanes of at least 4 members (excludes halogenated alkanes) is 2. The molecule has 9 atom stereocenters. The van der Waals surface area contributed by atoms with E-state index in [0.29, 0.717) is 30.6 Å². The van der Waals surface area contributed by atoms with Gasteiger partial charge in [-0.3, -0.25) is 10.1 Å². The highest BCUT2D eigenvalue weighted by Crippen LogP contribution is 2.51. The molecule has 1 spiro atoms. The monoisotopic (exact) mass is 840 g/mol. The molecule has 326 valence electrons. The second kappa shape index (κ2) is 17.6. The number of phenolic OH excluding ortho intramolecular Hbond substituents is 1. The number of phenols is 1. The van der Waals surface area contributed by atoms with Gasteiger partial charge in [-0.2, -0.15) is 0 Å². The number of hydrogen-bond acceptors (Lipinski definition) is 9. The van der Waals surface area contributed by atoms with Gasteiger partial charge in [-0.1, -0.05) is 88.0 Å². The van der Waals surface area contributed by atoms with E-state index >= 15 is 0 Å². The van der Waals surface area contributed by atoms with Crippen molar-refractivity contribution < 1.29 is 34.7 Å². The Bertz CT molecular complexity index is 2470. The van der Waals surface area contributed by atoms with Gasteiger partial charge in [0.2, 0.25) is 0 Å². The molecule has 8 N–H and O–H groups in total. The normalized spacial score (nSPS) is 26.8. The summed E-state index contributed by atoms with van der Waals surface area (Å²) in [5.41, 5.74) is 12.5. The third-order valence-electron chi connectivity index (χ3n) is 14.4. The van der Waals surface area contributed by atoms with Crippen LogP contribution in [0.25, 0.3) is 10.9 Å². The summed E-state index contributed by atoms with van der Waals surface area (Å²) < 4.78 is 15.3. The van der Waals surface area contributed by atoms with Crippen LogP contribution in [0.15, 0.2) is 55.0 Å². The van der Waals surface area contributed by atoms with E-state index in [9.17, 15) is 25.2 Å². The zero-order chi connectivity index (χ0) is 43.1. The molecule has 4 aromatic rings. The Kier molecular flexibility index (Phi) is 12.0. The average molecular weight is 841 g/mol. The van der Waals surface area contributed by atoms with E-state index in [1.54, 1.807) is 6.07 Å². The lowest BCUT2D eigenvalue weighted by Gasteiger charge is -2.35. The maximum atomic E-state index is 14.1. The van der Waals surface area contributed by atoms with E-state index in [1.807, 2.05) is 43.6 Å². The Hall–Kier alpha value is -5.01. The molecule has 5 heterocycles. The lowest BCUT2D eigenvalue weighted by atomic mass is 9.73. The summed E-state index contributed by atoms with van der Waals surface area (Å²) in [5.74, 6) is 9.33. The lowest BCUT2D eigenvalue weighted by molar-refractivity contribution is -0.129. The number of Topliss-reactive ketones (excluding diaryl/α,β-unsaturated/α-hetero) is 1. The Labute approximate surface area is 364 Å². The molecule has 2 bridgehead atoms. The quantitative estimate of drug-likeness (QED) is 0.0497. The van der Waals surface area contributed by atoms with E-state index in [2.05, 4.69) is 51.9 Å². The van der Waals surface area contributed by atoms with Crippen LogP contribution in [0.4, 0.5) is 0 Å². The summed E-state index contributed by atoms with van der Waals surface area (Å²) >= 11 is 0. The van der Waals surface area contributed by atoms with E-state index < -0.39 is 47.7 Å². The molecule has 2 aromatic carbocycles. The maximum absolute atomic E-state index is 14.1. The van der Waals surface area contributed by atoms with Gasteiger partial charge >= 0.3 is 0 Å². The third-order valence-corrected chi connectivity index (χ3v) is 14.4. The fourth-order valence-electron chi connectivity index (χ4n) is 10.9. The number of hydrogen-bond donors (Lipinski definition) is 7. The van der Waals surface area contributed by atoms with E-state index in [0.717, 1.165) is 96.6 Å². The van der Waals surface area contributed by atoms with Crippen LogP contribution >= 0.6 is 0 Å². The molecular formula is C51H60N4O7. The number of benzene rings is 2. The molecule has 0 amide bonds. The lowest BCUT2D eigenvalue weighted by Crippen LogP contribution is -2.41. The third kappa shape index (κ3) is 8.06. The molecule has 9 unspecified atom stereocenters. The molecule has 0 saturated heterocycles. The highest BCUT2D eigenvalue weighted by atomic mass is 16.5. The van der Waals surface area contributed by atoms with Crippen molar-refractivity contribution in [3.8, 4) is 41.1 Å². The van der Waals surface area contributed by atoms with Gasteiger partial charge < -0.3 is 45.2 Å². The molecule has 2 aromatic heterocycles. The Morgan fingerprint density at radius 3 is 2.69 bits per heavy atom. The number of allylic oxidation sites excluding steroid dienone is 1. The molecule has 3 aliphatic heterocycles. The first-order valence-electron chi connectivity index (χ1n) is 22.8. The van der Waals surface area contributed by atoms with Crippen LogP contribution in [-0.4, -0.2) is 54.5 Å². The number of nitrogens with zero attached hydrogens (tertiary/aromatic N) is 1. The molecule has 1 saturated carbocycles. The van der Waals surface area contributed by atoms with E-state index in [4.69, 9.17) is 15.2 Å². The van der Waals surface area contributed by atoms with E-state index in [1.165, 1.54) is 6.07 Å². The number of H-pyrrole nitrogens is 1. The van der Waals surface area contributed by atoms with Crippen molar-refractivity contribution in [1.29, 1.82) is 0 Å². The molecular weight excluding hydrogens is 781 g/mol. The summed E-state index contributed by atoms with van der Waals surface area (Å²) in [4.78, 5) is 17.6. The van der Waals surface area contributed by atoms with Gasteiger partial charge in [-0.05, 0) is 83.9 Å². The van der Waals surface area contributed by atoms with Crippen molar-refractivity contribution in [1.82, 2.24) is 14.9 Å². The standard InChI is InChI=1S/C51H60N4O7/c1-3-4-5-8-36(48(60)37-11-9-30(2)23-45(37)59)43(57)15-10-31-25-47-46(26-44(31)58)61-22-20-51(18-6-7-19-51)40-14-16-42(56)34-12-13-35-33(17-21-53-49(35)52)38(34)24-32-27-54-41-29-55(28-39(32)41)50(40)62-47/h9,11-13,25-30,36-37,40,42,45,48-50,53-54,56,58-60H,3-8,10,15,17-19,21,23-24,52H2,1-2H3. The van der Waals surface area contributed by atoms with Crippen LogP contribution in [0, 0.1) is 53.0 Å². The van der Waals surface area contributed by atoms with Gasteiger partial charge in [0.25, 0.3) is 0 Å². The molecule has 0 radical (unpaired) electrons. The number of aliphatic hydroxyl groups is 3. The molecule has 5 aliphatic rings. The first-order chi connectivity index (χ1) is 30.0. The van der Waals surface area contributed by atoms with Crippen molar-refractivity contribution in [2.45, 2.75) is 128 Å². The van der Waals surface area contributed by atoms with Crippen molar-refractivity contribution in [3.63, 3.8) is 0 Å². The molecule has 11 heteroatoms. The van der Waals surface area contributed by atoms with Gasteiger partial charge in [0, 0.05) is 61.3 Å². The van der Waals surface area contributed by atoms with Gasteiger partial charge in [0.1, 0.15) is 23.7 Å². The van der Waals surface area contributed by atoms with Crippen molar-refractivity contribution >= 4 is 16.7 Å². The number of carbonyl (C=O) groups excluding carboxylic acids is 1. The minimum Gasteiger partial charge on any atom is -0.508 e. The Morgan fingerprint density at radius 1 is 1.06 bits per heavy atom. The first-order valence-corrected chi connectivity index (χ1v) is 22.8. The minimum atomic E-state index is -1.07. The summed E-state index contributed by atoms with van der Waals surface area (Å²) in [7, 11) is 0. The average Bonchev–Trinajstić information content (AvgIpc) is 4.00. The highest BCUT2D eigenvalue weighted by molar-refractivity contribution is 5.84. The van der Waals surface area contributed by atoms with Crippen LogP contribution < -0.4 is 20.5 Å². The molecule has 9 rings (SSSR count). The van der Waals surface area contributed by atoms with Crippen molar-refractivity contribution in [2.24, 2.45) is 34.8 Å². The fourth-order valence-corrected chi connectivity index (χ4v) is 10.9. The number of fused-ring (bicyclic) bond motifs is 8. The van der Waals surface area contributed by atoms with Crippen LogP contribution in [0.3, 0.4) is 0 Å². The zero-order valence-electron chi connectivity index (χ0n) is 35.8. The molecule has 2 aliphatic carbocycles. The number of aromatic nitrogens is 2. The van der Waals surface area contributed by atoms with Crippen molar-refractivity contribution in [3.05, 3.63) is 88.4 Å². The highest BCUT2D eigenvalue weighted by Gasteiger charge is 2.47. The number of aromatic hydroxyl groups is 1. The predicted octanol–water partition coefficient (Wildman–Crippen LogP) is 7.16. The van der Waals surface area contributed by atoms with Crippen LogP contribution in [0.1, 0.15) is 130 Å². The largest absolute Gasteiger partial charge is 0.508 e. The number of ether oxygens (including phenoxy) is 2. The summed E-state index contributed by atoms with van der Waals surface area (Å²) in [6.45, 7) is 4.89. The first kappa shape index (κ1) is 42.3. The minimum absolute atomic E-state index is 0.0471. The maximum Gasteiger partial charge on any atom is 0.191 e.